The Kier molecular flexibility index (Phi) is 13.8. The summed E-state index contributed by atoms with van der Waals surface area (Å²) in [4.78, 5) is 23.0. The number of carbonyl (C=O) groups excluding carboxylic acids is 1. The van der Waals surface area contributed by atoms with Crippen LogP contribution in [-0.4, -0.2) is 17.9 Å². The summed E-state index contributed by atoms with van der Waals surface area (Å²) >= 11 is 0. The molecule has 0 bridgehead atoms. The van der Waals surface area contributed by atoms with E-state index in [2.05, 4.69) is 12.2 Å². The van der Waals surface area contributed by atoms with Gasteiger partial charge in [-0.15, -0.1) is 0 Å². The highest BCUT2D eigenvalue weighted by molar-refractivity contribution is 6.07. The van der Waals surface area contributed by atoms with E-state index in [0.29, 0.717) is 18.2 Å². The lowest BCUT2D eigenvalue weighted by molar-refractivity contribution is -0.388. The van der Waals surface area contributed by atoms with E-state index in [1.165, 1.54) is 71.3 Å². The van der Waals surface area contributed by atoms with Crippen molar-refractivity contribution in [1.82, 2.24) is 0 Å². The number of halogens is 3. The number of alkyl halides is 3. The van der Waals surface area contributed by atoms with Gasteiger partial charge >= 0.3 is 6.18 Å². The second-order valence-electron chi connectivity index (χ2n) is 9.93. The summed E-state index contributed by atoms with van der Waals surface area (Å²) < 4.78 is 45.4. The topological polar surface area (TPSA) is 81.5 Å². The normalized spacial score (nSPS) is 11.4. The van der Waals surface area contributed by atoms with Gasteiger partial charge in [-0.2, -0.15) is 13.2 Å². The Bertz CT molecular complexity index is 1060. The molecule has 0 aromatic heterocycles. The van der Waals surface area contributed by atoms with E-state index in [9.17, 15) is 28.1 Å². The van der Waals surface area contributed by atoms with Crippen LogP contribution >= 0.6 is 0 Å². The number of anilines is 1. The number of carbonyl (C=O) groups is 1. The van der Waals surface area contributed by atoms with Gasteiger partial charge in [0.15, 0.2) is 0 Å². The molecule has 2 aromatic rings. The minimum absolute atomic E-state index is 0.184. The zero-order valence-electron chi connectivity index (χ0n) is 23.1. The largest absolute Gasteiger partial charge is 0.496 e. The summed E-state index contributed by atoms with van der Waals surface area (Å²) in [6.45, 7) is 2.23. The molecule has 2 aromatic carbocycles. The molecule has 6 nitrogen and oxygen atoms in total. The first-order chi connectivity index (χ1) is 18.7. The van der Waals surface area contributed by atoms with E-state index in [0.717, 1.165) is 37.0 Å². The van der Waals surface area contributed by atoms with E-state index in [1.807, 2.05) is 6.07 Å². The van der Waals surface area contributed by atoms with Gasteiger partial charge in [-0.1, -0.05) is 96.1 Å². The number of methoxy groups -OCH3 is 1. The molecule has 0 aliphatic carbocycles. The summed E-state index contributed by atoms with van der Waals surface area (Å²) in [5, 5.41) is 13.5. The molecule has 0 atom stereocenters. The molecule has 1 N–H and O–H groups in total. The van der Waals surface area contributed by atoms with Gasteiger partial charge in [0.2, 0.25) is 0 Å². The Labute approximate surface area is 229 Å². The molecule has 0 heterocycles. The van der Waals surface area contributed by atoms with E-state index in [-0.39, 0.29) is 11.3 Å². The molecule has 1 amide bonds. The first-order valence-corrected chi connectivity index (χ1v) is 14.0. The van der Waals surface area contributed by atoms with Crippen molar-refractivity contribution in [2.75, 3.05) is 12.4 Å². The fraction of sp³-hybridized carbons (Fsp3) is 0.567. The molecule has 0 radical (unpaired) electrons. The van der Waals surface area contributed by atoms with Crippen molar-refractivity contribution in [3.63, 3.8) is 0 Å². The zero-order valence-corrected chi connectivity index (χ0v) is 23.1. The molecule has 0 aliphatic heterocycles. The van der Waals surface area contributed by atoms with E-state index in [1.54, 1.807) is 12.1 Å². The Balaban J connectivity index is 1.90. The van der Waals surface area contributed by atoms with Gasteiger partial charge < -0.3 is 10.1 Å². The number of aryl methyl sites for hydroxylation is 1. The fourth-order valence-electron chi connectivity index (χ4n) is 4.74. The maximum absolute atomic E-state index is 13.4. The number of ether oxygens (including phenoxy) is 1. The van der Waals surface area contributed by atoms with Crippen molar-refractivity contribution < 1.29 is 27.6 Å². The van der Waals surface area contributed by atoms with Crippen LogP contribution in [0.5, 0.6) is 5.75 Å². The van der Waals surface area contributed by atoms with Gasteiger partial charge in [0.05, 0.1) is 17.6 Å². The molecule has 0 fully saturated rings. The molecular formula is C30H41F3N2O4. The smallest absolute Gasteiger partial charge is 0.423 e. The monoisotopic (exact) mass is 550 g/mol. The molecule has 0 saturated heterocycles. The predicted octanol–water partition coefficient (Wildman–Crippen LogP) is 9.51. The third-order valence-corrected chi connectivity index (χ3v) is 6.87. The van der Waals surface area contributed by atoms with Gasteiger partial charge in [0.25, 0.3) is 11.6 Å². The molecule has 2 rings (SSSR count). The van der Waals surface area contributed by atoms with Crippen LogP contribution in [0.25, 0.3) is 0 Å². The highest BCUT2D eigenvalue weighted by Gasteiger charge is 2.38. The molecule has 39 heavy (non-hydrogen) atoms. The number of hydrogen-bond donors (Lipinski definition) is 1. The number of nitrogens with zero attached hydrogens (tertiary/aromatic N) is 1. The number of rotatable bonds is 18. The van der Waals surface area contributed by atoms with E-state index < -0.39 is 28.3 Å². The third kappa shape index (κ3) is 10.9. The average Bonchev–Trinajstić information content (AvgIpc) is 2.90. The quantitative estimate of drug-likeness (QED) is 0.114. The highest BCUT2D eigenvalue weighted by Crippen LogP contribution is 2.38. The Hall–Kier alpha value is -3.10. The maximum Gasteiger partial charge on any atom is 0.423 e. The highest BCUT2D eigenvalue weighted by atomic mass is 19.4. The van der Waals surface area contributed by atoms with Crippen molar-refractivity contribution in [2.45, 2.75) is 103 Å². The first-order valence-electron chi connectivity index (χ1n) is 14.0. The predicted molar refractivity (Wildman–Crippen MR) is 148 cm³/mol. The Morgan fingerprint density at radius 1 is 0.897 bits per heavy atom. The summed E-state index contributed by atoms with van der Waals surface area (Å²) in [7, 11) is 1.43. The van der Waals surface area contributed by atoms with Crippen LogP contribution < -0.4 is 10.1 Å². The van der Waals surface area contributed by atoms with Crippen LogP contribution in [-0.2, 0) is 12.6 Å². The summed E-state index contributed by atoms with van der Waals surface area (Å²) in [6.07, 6.45) is 11.7. The zero-order chi connectivity index (χ0) is 28.7. The lowest BCUT2D eigenvalue weighted by atomic mass is 9.98. The SMILES string of the molecule is CCCCCCCCCCCCCCCc1cccc(OC)c1C(=O)Nc1ccc([N+](=O)[O-])c(C(F)(F)F)c1. The molecule has 0 spiro atoms. The van der Waals surface area contributed by atoms with Gasteiger partial charge in [-0.05, 0) is 36.6 Å². The molecule has 9 heteroatoms. The summed E-state index contributed by atoms with van der Waals surface area (Å²) in [6, 6.07) is 7.63. The number of unbranched alkanes of at least 4 members (excludes halogenated alkanes) is 12. The summed E-state index contributed by atoms with van der Waals surface area (Å²) in [5.41, 5.74) is -1.67. The Morgan fingerprint density at radius 3 is 1.97 bits per heavy atom. The molecule has 0 unspecified atom stereocenters. The van der Waals surface area contributed by atoms with Gasteiger partial charge in [0, 0.05) is 11.8 Å². The molecule has 0 saturated carbocycles. The van der Waals surface area contributed by atoms with Crippen LogP contribution in [0.2, 0.25) is 0 Å². The number of nitro groups is 1. The minimum atomic E-state index is -4.94. The summed E-state index contributed by atoms with van der Waals surface area (Å²) in [5.74, 6) is -0.309. The third-order valence-electron chi connectivity index (χ3n) is 6.87. The number of hydrogen-bond acceptors (Lipinski definition) is 4. The first kappa shape index (κ1) is 32.1. The maximum atomic E-state index is 13.4. The standard InChI is InChI=1S/C30H41F3N2O4/c1-3-4-5-6-7-8-9-10-11-12-13-14-15-17-23-18-16-19-27(39-2)28(23)29(36)34-24-20-21-26(35(37)38)25(22-24)30(31,32)33/h16,18-22H,3-15,17H2,1-2H3,(H,34,36). The molecule has 216 valence electrons. The lowest BCUT2D eigenvalue weighted by Crippen LogP contribution is -2.17. The number of nitrogens with one attached hydrogen (secondary N) is 1. The molecule has 0 aliphatic rings. The lowest BCUT2D eigenvalue weighted by Gasteiger charge is -2.15. The number of amides is 1. The van der Waals surface area contributed by atoms with E-state index in [4.69, 9.17) is 4.74 Å². The van der Waals surface area contributed by atoms with Gasteiger partial charge in [0.1, 0.15) is 11.3 Å². The average molecular weight is 551 g/mol. The van der Waals surface area contributed by atoms with Crippen molar-refractivity contribution in [3.8, 4) is 5.75 Å². The second kappa shape index (κ2) is 16.8. The van der Waals surface area contributed by atoms with E-state index >= 15 is 0 Å². The van der Waals surface area contributed by atoms with Crippen molar-refractivity contribution in [3.05, 3.63) is 63.2 Å². The number of benzene rings is 2. The van der Waals surface area contributed by atoms with Crippen LogP contribution in [0.1, 0.15) is 112 Å². The van der Waals surface area contributed by atoms with Crippen molar-refractivity contribution in [1.29, 1.82) is 0 Å². The number of nitro benzene ring substituents is 1. The van der Waals surface area contributed by atoms with Crippen LogP contribution in [0.3, 0.4) is 0 Å². The van der Waals surface area contributed by atoms with Crippen molar-refractivity contribution in [2.24, 2.45) is 0 Å². The van der Waals surface area contributed by atoms with Crippen LogP contribution in [0.4, 0.5) is 24.5 Å². The fourth-order valence-corrected chi connectivity index (χ4v) is 4.74. The van der Waals surface area contributed by atoms with Crippen LogP contribution in [0.15, 0.2) is 36.4 Å². The Morgan fingerprint density at radius 2 is 1.46 bits per heavy atom. The van der Waals surface area contributed by atoms with Gasteiger partial charge in [-0.25, -0.2) is 0 Å². The molecular weight excluding hydrogens is 509 g/mol. The van der Waals surface area contributed by atoms with Crippen LogP contribution in [0, 0.1) is 10.1 Å². The van der Waals surface area contributed by atoms with Gasteiger partial charge in [-0.3, -0.25) is 14.9 Å². The second-order valence-corrected chi connectivity index (χ2v) is 9.93. The minimum Gasteiger partial charge on any atom is -0.496 e. The van der Waals surface area contributed by atoms with Crippen molar-refractivity contribution >= 4 is 17.3 Å².